The van der Waals surface area contributed by atoms with Crippen molar-refractivity contribution in [3.63, 3.8) is 0 Å². The van der Waals surface area contributed by atoms with Crippen LogP contribution in [0.5, 0.6) is 5.75 Å². The summed E-state index contributed by atoms with van der Waals surface area (Å²) in [6.45, 7) is 5.64. The van der Waals surface area contributed by atoms with Gasteiger partial charge < -0.3 is 19.5 Å². The molecule has 0 unspecified atom stereocenters. The third-order valence-electron chi connectivity index (χ3n) is 4.53. The second-order valence-electron chi connectivity index (χ2n) is 6.31. The second kappa shape index (κ2) is 8.97. The monoisotopic (exact) mass is 370 g/mol. The lowest BCUT2D eigenvalue weighted by Gasteiger charge is -2.33. The lowest BCUT2D eigenvalue weighted by Crippen LogP contribution is -2.45. The van der Waals surface area contributed by atoms with Gasteiger partial charge >= 0.3 is 0 Å². The van der Waals surface area contributed by atoms with Gasteiger partial charge in [-0.15, -0.1) is 0 Å². The van der Waals surface area contributed by atoms with Crippen molar-refractivity contribution in [3.8, 4) is 5.75 Å². The first-order valence-corrected chi connectivity index (χ1v) is 9.41. The summed E-state index contributed by atoms with van der Waals surface area (Å²) in [7, 11) is 0. The molecule has 0 spiro atoms. The minimum Gasteiger partial charge on any atom is -0.493 e. The van der Waals surface area contributed by atoms with E-state index in [0.29, 0.717) is 18.8 Å². The maximum atomic E-state index is 12.7. The topological polar surface area (TPSA) is 69.7 Å². The lowest BCUT2D eigenvalue weighted by molar-refractivity contribution is -0.237. The first-order chi connectivity index (χ1) is 13.2. The number of rotatable bonds is 8. The molecule has 0 atom stereocenters. The third-order valence-corrected chi connectivity index (χ3v) is 4.53. The Labute approximate surface area is 159 Å². The number of nitrogens with one attached hydrogen (secondary N) is 1. The Morgan fingerprint density at radius 3 is 2.63 bits per heavy atom. The molecular formula is C21H26N2O4. The Morgan fingerprint density at radius 2 is 1.93 bits per heavy atom. The number of pyridine rings is 1. The smallest absolute Gasteiger partial charge is 0.251 e. The van der Waals surface area contributed by atoms with Crippen LogP contribution in [0.2, 0.25) is 0 Å². The molecule has 0 fully saturated rings. The number of nitrogens with zero attached hydrogens (tertiary/aromatic N) is 1. The fourth-order valence-corrected chi connectivity index (χ4v) is 3.28. The number of aromatic nitrogens is 1. The van der Waals surface area contributed by atoms with Crippen LogP contribution in [0.4, 0.5) is 0 Å². The molecule has 2 aromatic rings. The molecular weight excluding hydrogens is 344 g/mol. The quantitative estimate of drug-likeness (QED) is 0.723. The van der Waals surface area contributed by atoms with E-state index >= 15 is 0 Å². The number of ether oxygens (including phenoxy) is 3. The van der Waals surface area contributed by atoms with E-state index in [1.165, 1.54) is 0 Å². The number of carbonyl (C=O) groups is 1. The maximum absolute atomic E-state index is 12.7. The van der Waals surface area contributed by atoms with Crippen LogP contribution < -0.4 is 10.1 Å². The molecule has 6 nitrogen and oxygen atoms in total. The molecule has 1 N–H and O–H groups in total. The van der Waals surface area contributed by atoms with E-state index < -0.39 is 5.79 Å². The van der Waals surface area contributed by atoms with Crippen molar-refractivity contribution in [2.24, 2.45) is 0 Å². The van der Waals surface area contributed by atoms with Crippen LogP contribution in [-0.2, 0) is 21.7 Å². The number of aryl methyl sites for hydroxylation is 1. The van der Waals surface area contributed by atoms with Crippen molar-refractivity contribution in [2.75, 3.05) is 26.4 Å². The number of fused-ring (bicyclic) bond motifs is 1. The molecule has 1 aromatic carbocycles. The van der Waals surface area contributed by atoms with Crippen molar-refractivity contribution < 1.29 is 19.0 Å². The van der Waals surface area contributed by atoms with Crippen LogP contribution in [0.3, 0.4) is 0 Å². The Morgan fingerprint density at radius 1 is 1.19 bits per heavy atom. The second-order valence-corrected chi connectivity index (χ2v) is 6.31. The molecule has 2 heterocycles. The average Bonchev–Trinajstić information content (AvgIpc) is 2.72. The third kappa shape index (κ3) is 4.46. The molecule has 0 bridgehead atoms. The van der Waals surface area contributed by atoms with Crippen molar-refractivity contribution in [2.45, 2.75) is 32.5 Å². The van der Waals surface area contributed by atoms with Gasteiger partial charge in [-0.1, -0.05) is 0 Å². The first kappa shape index (κ1) is 19.3. The highest BCUT2D eigenvalue weighted by atomic mass is 16.7. The Balaban J connectivity index is 1.77. The van der Waals surface area contributed by atoms with Crippen molar-refractivity contribution in [3.05, 3.63) is 59.4 Å². The van der Waals surface area contributed by atoms with E-state index in [-0.39, 0.29) is 12.5 Å². The zero-order valence-electron chi connectivity index (χ0n) is 15.9. The Kier molecular flexibility index (Phi) is 6.42. The summed E-state index contributed by atoms with van der Waals surface area (Å²) in [6.07, 6.45) is 5.27. The van der Waals surface area contributed by atoms with Crippen LogP contribution in [0.25, 0.3) is 0 Å². The van der Waals surface area contributed by atoms with Crippen LogP contribution in [0, 0.1) is 0 Å². The van der Waals surface area contributed by atoms with Gasteiger partial charge in [0.15, 0.2) is 0 Å². The lowest BCUT2D eigenvalue weighted by atomic mass is 10.0. The molecule has 0 saturated heterocycles. The van der Waals surface area contributed by atoms with Gasteiger partial charge in [-0.25, -0.2) is 0 Å². The fraction of sp³-hybridized carbons (Fsp3) is 0.429. The van der Waals surface area contributed by atoms with Crippen molar-refractivity contribution in [1.29, 1.82) is 0 Å². The zero-order valence-corrected chi connectivity index (χ0v) is 15.9. The summed E-state index contributed by atoms with van der Waals surface area (Å²) in [6, 6.07) is 9.24. The van der Waals surface area contributed by atoms with Crippen LogP contribution in [-0.4, -0.2) is 37.3 Å². The van der Waals surface area contributed by atoms with Gasteiger partial charge in [0, 0.05) is 36.7 Å². The maximum Gasteiger partial charge on any atom is 0.251 e. The standard InChI is InChI=1S/C21H26N2O4/c1-3-26-21(27-4-2,18-9-11-22-12-10-18)15-23-20(24)17-7-8-19-16(14-17)6-5-13-25-19/h7-12,14H,3-6,13,15H2,1-2H3,(H,23,24). The summed E-state index contributed by atoms with van der Waals surface area (Å²) in [5.41, 5.74) is 2.50. The molecule has 1 amide bonds. The van der Waals surface area contributed by atoms with Crippen LogP contribution in [0.1, 0.15) is 41.8 Å². The van der Waals surface area contributed by atoms with Gasteiger partial charge in [-0.2, -0.15) is 0 Å². The summed E-state index contributed by atoms with van der Waals surface area (Å²) in [4.78, 5) is 16.8. The molecule has 0 aliphatic carbocycles. The summed E-state index contributed by atoms with van der Waals surface area (Å²) in [5, 5.41) is 2.96. The van der Waals surface area contributed by atoms with Gasteiger partial charge in [0.2, 0.25) is 5.79 Å². The van der Waals surface area contributed by atoms with E-state index in [4.69, 9.17) is 14.2 Å². The normalized spacial score (nSPS) is 13.6. The molecule has 0 saturated carbocycles. The largest absolute Gasteiger partial charge is 0.493 e. The molecule has 1 aliphatic rings. The van der Waals surface area contributed by atoms with E-state index in [1.54, 1.807) is 18.5 Å². The van der Waals surface area contributed by atoms with E-state index in [1.807, 2.05) is 38.1 Å². The number of carbonyl (C=O) groups excluding carboxylic acids is 1. The predicted molar refractivity (Wildman–Crippen MR) is 102 cm³/mol. The van der Waals surface area contributed by atoms with Gasteiger partial charge in [-0.3, -0.25) is 9.78 Å². The number of amides is 1. The SMILES string of the molecule is CCOC(CNC(=O)c1ccc2c(c1)CCCO2)(OCC)c1ccncc1. The summed E-state index contributed by atoms with van der Waals surface area (Å²) in [5.74, 6) is -0.340. The minimum atomic E-state index is -1.04. The fourth-order valence-electron chi connectivity index (χ4n) is 3.28. The predicted octanol–water partition coefficient (Wildman–Crippen LogP) is 3.06. The highest BCUT2D eigenvalue weighted by molar-refractivity contribution is 5.94. The van der Waals surface area contributed by atoms with Gasteiger partial charge in [0.1, 0.15) is 5.75 Å². The molecule has 144 valence electrons. The first-order valence-electron chi connectivity index (χ1n) is 9.41. The highest BCUT2D eigenvalue weighted by Gasteiger charge is 2.34. The van der Waals surface area contributed by atoms with Crippen molar-refractivity contribution in [1.82, 2.24) is 10.3 Å². The summed E-state index contributed by atoms with van der Waals surface area (Å²) < 4.78 is 17.5. The molecule has 27 heavy (non-hydrogen) atoms. The zero-order chi connectivity index (χ0) is 19.1. The molecule has 1 aliphatic heterocycles. The van der Waals surface area contributed by atoms with Gasteiger partial charge in [0.05, 0.1) is 13.2 Å². The Hall–Kier alpha value is -2.44. The Bertz CT molecular complexity index is 758. The molecule has 1 aromatic heterocycles. The van der Waals surface area contributed by atoms with Crippen LogP contribution in [0.15, 0.2) is 42.7 Å². The average molecular weight is 370 g/mol. The number of hydrogen-bond acceptors (Lipinski definition) is 5. The van der Waals surface area contributed by atoms with E-state index in [9.17, 15) is 4.79 Å². The van der Waals surface area contributed by atoms with E-state index in [0.717, 1.165) is 36.3 Å². The van der Waals surface area contributed by atoms with E-state index in [2.05, 4.69) is 10.3 Å². The van der Waals surface area contributed by atoms with Crippen molar-refractivity contribution >= 4 is 5.91 Å². The minimum absolute atomic E-state index is 0.166. The molecule has 3 rings (SSSR count). The number of benzene rings is 1. The van der Waals surface area contributed by atoms with Crippen LogP contribution >= 0.6 is 0 Å². The number of hydrogen-bond donors (Lipinski definition) is 1. The summed E-state index contributed by atoms with van der Waals surface area (Å²) >= 11 is 0. The van der Waals surface area contributed by atoms with Gasteiger partial charge in [0.25, 0.3) is 5.91 Å². The van der Waals surface area contributed by atoms with Gasteiger partial charge in [-0.05, 0) is 62.6 Å². The molecule has 0 radical (unpaired) electrons. The highest BCUT2D eigenvalue weighted by Crippen LogP contribution is 2.28. The molecule has 6 heteroatoms.